The topological polar surface area (TPSA) is 46.5 Å². The van der Waals surface area contributed by atoms with Gasteiger partial charge in [0.15, 0.2) is 0 Å². The molecule has 1 fully saturated rings. The fraction of sp³-hybridized carbons (Fsp3) is 0.417. The summed E-state index contributed by atoms with van der Waals surface area (Å²) >= 11 is 0. The molecule has 1 aliphatic heterocycles. The lowest BCUT2D eigenvalue weighted by atomic mass is 10.00. The van der Waals surface area contributed by atoms with E-state index in [0.29, 0.717) is 0 Å². The van der Waals surface area contributed by atoms with E-state index < -0.39 is 5.97 Å². The van der Waals surface area contributed by atoms with Crippen LogP contribution in [0.3, 0.4) is 0 Å². The third kappa shape index (κ3) is 1.30. The van der Waals surface area contributed by atoms with Gasteiger partial charge in [0.25, 0.3) is 0 Å². The van der Waals surface area contributed by atoms with Crippen LogP contribution < -0.4 is 4.74 Å². The molecule has 15 heavy (non-hydrogen) atoms. The maximum Gasteiger partial charge on any atom is 0.307 e. The van der Waals surface area contributed by atoms with Gasteiger partial charge in [0.2, 0.25) is 0 Å². The summed E-state index contributed by atoms with van der Waals surface area (Å²) in [6.07, 6.45) is 1.71. The van der Waals surface area contributed by atoms with Gasteiger partial charge in [-0.05, 0) is 24.0 Å². The van der Waals surface area contributed by atoms with Gasteiger partial charge >= 0.3 is 5.97 Å². The van der Waals surface area contributed by atoms with E-state index in [1.54, 1.807) is 0 Å². The van der Waals surface area contributed by atoms with Crippen LogP contribution in [-0.2, 0) is 11.2 Å². The van der Waals surface area contributed by atoms with Crippen LogP contribution in [0.25, 0.3) is 0 Å². The number of rotatable bonds is 2. The van der Waals surface area contributed by atoms with Crippen LogP contribution in [0.1, 0.15) is 23.5 Å². The van der Waals surface area contributed by atoms with Crippen LogP contribution >= 0.6 is 0 Å². The third-order valence-electron chi connectivity index (χ3n) is 3.29. The number of carboxylic acids is 1. The molecule has 1 unspecified atom stereocenters. The van der Waals surface area contributed by atoms with Gasteiger partial charge in [-0.25, -0.2) is 0 Å². The molecule has 1 heterocycles. The van der Waals surface area contributed by atoms with Gasteiger partial charge in [-0.3, -0.25) is 4.79 Å². The average molecular weight is 204 g/mol. The zero-order valence-corrected chi connectivity index (χ0v) is 8.27. The highest BCUT2D eigenvalue weighted by atomic mass is 16.5. The maximum atomic E-state index is 10.8. The monoisotopic (exact) mass is 204 g/mol. The molecule has 0 radical (unpaired) electrons. The van der Waals surface area contributed by atoms with Crippen molar-refractivity contribution < 1.29 is 14.6 Å². The molecular weight excluding hydrogens is 192 g/mol. The Kier molecular flexibility index (Phi) is 1.75. The molecule has 0 saturated heterocycles. The molecule has 2 aliphatic rings. The molecule has 3 rings (SSSR count). The second-order valence-corrected chi connectivity index (χ2v) is 4.21. The molecule has 0 aromatic heterocycles. The number of carbonyl (C=O) groups is 1. The molecule has 1 saturated carbocycles. The molecule has 78 valence electrons. The quantitative estimate of drug-likeness (QED) is 0.799. The van der Waals surface area contributed by atoms with Crippen LogP contribution in [0.2, 0.25) is 0 Å². The third-order valence-corrected chi connectivity index (χ3v) is 3.29. The summed E-state index contributed by atoms with van der Waals surface area (Å²) in [5.74, 6) is 0.330. The van der Waals surface area contributed by atoms with Crippen LogP contribution in [-0.4, -0.2) is 17.7 Å². The standard InChI is InChI=1S/C12H12O3/c13-12(14)10-6-9(10)7-2-1-3-11-8(7)4-5-15-11/h1-3,9-10H,4-6H2,(H,13,14)/t9?,10-/m1/s1. The van der Waals surface area contributed by atoms with Crippen molar-refractivity contribution in [3.8, 4) is 5.75 Å². The van der Waals surface area contributed by atoms with Gasteiger partial charge < -0.3 is 9.84 Å². The maximum absolute atomic E-state index is 10.8. The first-order valence-corrected chi connectivity index (χ1v) is 5.25. The largest absolute Gasteiger partial charge is 0.493 e. The molecule has 1 aromatic carbocycles. The number of benzene rings is 1. The predicted molar refractivity (Wildman–Crippen MR) is 54.1 cm³/mol. The van der Waals surface area contributed by atoms with Gasteiger partial charge in [0.1, 0.15) is 5.75 Å². The minimum atomic E-state index is -0.670. The van der Waals surface area contributed by atoms with E-state index in [-0.39, 0.29) is 11.8 Å². The van der Waals surface area contributed by atoms with Crippen LogP contribution in [0.4, 0.5) is 0 Å². The molecule has 0 bridgehead atoms. The van der Waals surface area contributed by atoms with Crippen molar-refractivity contribution in [2.24, 2.45) is 5.92 Å². The minimum Gasteiger partial charge on any atom is -0.493 e. The molecule has 0 spiro atoms. The molecular formula is C12H12O3. The summed E-state index contributed by atoms with van der Waals surface area (Å²) in [6.45, 7) is 0.733. The van der Waals surface area contributed by atoms with Gasteiger partial charge in [0.05, 0.1) is 12.5 Å². The highest BCUT2D eigenvalue weighted by Crippen LogP contribution is 2.50. The Labute approximate surface area is 87.7 Å². The van der Waals surface area contributed by atoms with Crippen molar-refractivity contribution in [1.82, 2.24) is 0 Å². The summed E-state index contributed by atoms with van der Waals surface area (Å²) in [6, 6.07) is 5.96. The highest BCUT2D eigenvalue weighted by Gasteiger charge is 2.45. The number of hydrogen-bond donors (Lipinski definition) is 1. The second kappa shape index (κ2) is 2.99. The molecule has 0 amide bonds. The Morgan fingerprint density at radius 3 is 3.07 bits per heavy atom. The lowest BCUT2D eigenvalue weighted by Crippen LogP contribution is -2.00. The molecule has 3 heteroatoms. The van der Waals surface area contributed by atoms with Crippen molar-refractivity contribution in [2.45, 2.75) is 18.8 Å². The summed E-state index contributed by atoms with van der Waals surface area (Å²) in [5, 5.41) is 8.90. The van der Waals surface area contributed by atoms with Crippen LogP contribution in [0.5, 0.6) is 5.75 Å². The molecule has 1 aliphatic carbocycles. The van der Waals surface area contributed by atoms with Crippen LogP contribution in [0.15, 0.2) is 18.2 Å². The lowest BCUT2D eigenvalue weighted by Gasteiger charge is -2.05. The normalized spacial score (nSPS) is 26.9. The first-order chi connectivity index (χ1) is 7.27. The van der Waals surface area contributed by atoms with Gasteiger partial charge in [-0.2, -0.15) is 0 Å². The zero-order valence-electron chi connectivity index (χ0n) is 8.27. The first kappa shape index (κ1) is 8.77. The fourth-order valence-corrected chi connectivity index (χ4v) is 2.41. The van der Waals surface area contributed by atoms with Gasteiger partial charge in [0, 0.05) is 12.0 Å². The number of aliphatic carboxylic acids is 1. The SMILES string of the molecule is O=C(O)[C@@H]1CC1c1cccc2c1CCO2. The van der Waals surface area contributed by atoms with Gasteiger partial charge in [-0.1, -0.05) is 12.1 Å². The number of ether oxygens (including phenoxy) is 1. The number of fused-ring (bicyclic) bond motifs is 1. The Morgan fingerprint density at radius 1 is 1.47 bits per heavy atom. The predicted octanol–water partition coefficient (Wildman–Crippen LogP) is 1.81. The highest BCUT2D eigenvalue weighted by molar-refractivity contribution is 5.75. The average Bonchev–Trinajstić information content (AvgIpc) is 2.87. The molecule has 2 atom stereocenters. The van der Waals surface area contributed by atoms with Crippen molar-refractivity contribution in [3.63, 3.8) is 0 Å². The smallest absolute Gasteiger partial charge is 0.307 e. The minimum absolute atomic E-state index is 0.169. The Hall–Kier alpha value is -1.51. The summed E-state index contributed by atoms with van der Waals surface area (Å²) < 4.78 is 5.47. The Morgan fingerprint density at radius 2 is 2.33 bits per heavy atom. The van der Waals surface area contributed by atoms with Crippen molar-refractivity contribution in [1.29, 1.82) is 0 Å². The van der Waals surface area contributed by atoms with Crippen molar-refractivity contribution >= 4 is 5.97 Å². The van der Waals surface area contributed by atoms with E-state index in [9.17, 15) is 4.79 Å². The number of hydrogen-bond acceptors (Lipinski definition) is 2. The van der Waals surface area contributed by atoms with Gasteiger partial charge in [-0.15, -0.1) is 0 Å². The summed E-state index contributed by atoms with van der Waals surface area (Å²) in [4.78, 5) is 10.8. The number of carboxylic acid groups (broad SMARTS) is 1. The summed E-state index contributed by atoms with van der Waals surface area (Å²) in [7, 11) is 0. The molecule has 3 nitrogen and oxygen atoms in total. The van der Waals surface area contributed by atoms with E-state index in [2.05, 4.69) is 0 Å². The van der Waals surface area contributed by atoms with E-state index in [1.165, 1.54) is 11.1 Å². The molecule has 1 N–H and O–H groups in total. The summed E-state index contributed by atoms with van der Waals surface area (Å²) in [5.41, 5.74) is 2.42. The van der Waals surface area contributed by atoms with E-state index >= 15 is 0 Å². The van der Waals surface area contributed by atoms with Crippen molar-refractivity contribution in [3.05, 3.63) is 29.3 Å². The Bertz CT molecular complexity index is 425. The van der Waals surface area contributed by atoms with E-state index in [0.717, 1.165) is 25.2 Å². The van der Waals surface area contributed by atoms with Crippen molar-refractivity contribution in [2.75, 3.05) is 6.61 Å². The Balaban J connectivity index is 1.94. The van der Waals surface area contributed by atoms with E-state index in [4.69, 9.17) is 9.84 Å². The zero-order chi connectivity index (χ0) is 10.4. The van der Waals surface area contributed by atoms with Crippen LogP contribution in [0, 0.1) is 5.92 Å². The second-order valence-electron chi connectivity index (χ2n) is 4.21. The van der Waals surface area contributed by atoms with E-state index in [1.807, 2.05) is 18.2 Å². The first-order valence-electron chi connectivity index (χ1n) is 5.25. The fourth-order valence-electron chi connectivity index (χ4n) is 2.41. The lowest BCUT2D eigenvalue weighted by molar-refractivity contribution is -0.138. The molecule has 1 aromatic rings.